The molecule has 4 rings (SSSR count). The molecule has 1 saturated heterocycles. The van der Waals surface area contributed by atoms with Crippen LogP contribution in [0.25, 0.3) is 16.5 Å². The molecule has 3 heterocycles. The minimum absolute atomic E-state index is 0.208. The van der Waals surface area contributed by atoms with Gasteiger partial charge in [-0.2, -0.15) is 0 Å². The molecule has 168 valence electrons. The second-order valence-electron chi connectivity index (χ2n) is 8.72. The number of aryl methyl sites for hydroxylation is 1. The number of aromatic nitrogens is 1. The van der Waals surface area contributed by atoms with Gasteiger partial charge in [0.1, 0.15) is 17.5 Å². The number of nitrogens with zero attached hydrogens (tertiary/aromatic N) is 2. The Bertz CT molecular complexity index is 968. The molecule has 0 aliphatic carbocycles. The molecule has 0 saturated carbocycles. The molecule has 2 aliphatic rings. The fourth-order valence-electron chi connectivity index (χ4n) is 4.57. The van der Waals surface area contributed by atoms with Crippen molar-refractivity contribution in [2.75, 3.05) is 32.9 Å². The summed E-state index contributed by atoms with van der Waals surface area (Å²) in [6.07, 6.45) is 5.28. The van der Waals surface area contributed by atoms with E-state index in [1.54, 1.807) is 0 Å². The Labute approximate surface area is 184 Å². The van der Waals surface area contributed by atoms with Crippen molar-refractivity contribution >= 4 is 22.4 Å². The lowest BCUT2D eigenvalue weighted by Crippen LogP contribution is -2.41. The molecular formula is C25H34N2O4. The van der Waals surface area contributed by atoms with Crippen LogP contribution in [0.15, 0.2) is 24.3 Å². The third-order valence-electron chi connectivity index (χ3n) is 6.44. The normalized spacial score (nSPS) is 18.4. The maximum atomic E-state index is 12.4. The maximum absolute atomic E-state index is 12.4. The quantitative estimate of drug-likeness (QED) is 0.641. The van der Waals surface area contributed by atoms with Crippen LogP contribution in [-0.2, 0) is 16.5 Å². The predicted molar refractivity (Wildman–Crippen MR) is 123 cm³/mol. The fraction of sp³-hybridized carbons (Fsp3) is 0.560. The molecule has 31 heavy (non-hydrogen) atoms. The zero-order chi connectivity index (χ0) is 22.0. The SMILES string of the molecule is CCOC(=O)c1cc2cc(OC3CCN(C(C)C)CC3)c(C3=CCOCC3)cc2n1C. The van der Waals surface area contributed by atoms with E-state index in [4.69, 9.17) is 14.2 Å². The van der Waals surface area contributed by atoms with Crippen molar-refractivity contribution in [3.63, 3.8) is 0 Å². The lowest BCUT2D eigenvalue weighted by Gasteiger charge is -2.35. The van der Waals surface area contributed by atoms with Gasteiger partial charge in [-0.3, -0.25) is 0 Å². The number of esters is 1. The summed E-state index contributed by atoms with van der Waals surface area (Å²) in [7, 11) is 1.92. The second-order valence-corrected chi connectivity index (χ2v) is 8.72. The van der Waals surface area contributed by atoms with Crippen molar-refractivity contribution in [3.8, 4) is 5.75 Å². The number of ether oxygens (including phenoxy) is 3. The van der Waals surface area contributed by atoms with E-state index < -0.39 is 0 Å². The summed E-state index contributed by atoms with van der Waals surface area (Å²) in [5.41, 5.74) is 3.93. The van der Waals surface area contributed by atoms with Crippen LogP contribution in [0.2, 0.25) is 0 Å². The Morgan fingerprint density at radius 3 is 2.65 bits per heavy atom. The van der Waals surface area contributed by atoms with Crippen LogP contribution < -0.4 is 4.74 Å². The van der Waals surface area contributed by atoms with E-state index in [9.17, 15) is 4.79 Å². The summed E-state index contributed by atoms with van der Waals surface area (Å²) in [6, 6.07) is 6.74. The van der Waals surface area contributed by atoms with Crippen LogP contribution in [0.4, 0.5) is 0 Å². The Kier molecular flexibility index (Phi) is 6.68. The maximum Gasteiger partial charge on any atom is 0.354 e. The lowest BCUT2D eigenvalue weighted by atomic mass is 9.98. The first-order valence-corrected chi connectivity index (χ1v) is 11.5. The van der Waals surface area contributed by atoms with Gasteiger partial charge >= 0.3 is 5.97 Å². The Morgan fingerprint density at radius 2 is 2.00 bits per heavy atom. The largest absolute Gasteiger partial charge is 0.490 e. The van der Waals surface area contributed by atoms with E-state index in [1.165, 1.54) is 5.57 Å². The fourth-order valence-corrected chi connectivity index (χ4v) is 4.57. The minimum atomic E-state index is -0.295. The highest BCUT2D eigenvalue weighted by Gasteiger charge is 2.25. The van der Waals surface area contributed by atoms with Gasteiger partial charge in [0.25, 0.3) is 0 Å². The highest BCUT2D eigenvalue weighted by Crippen LogP contribution is 2.36. The van der Waals surface area contributed by atoms with Crippen molar-refractivity contribution in [2.24, 2.45) is 7.05 Å². The monoisotopic (exact) mass is 426 g/mol. The number of carbonyl (C=O) groups excluding carboxylic acids is 1. The van der Waals surface area contributed by atoms with E-state index in [0.29, 0.717) is 24.9 Å². The zero-order valence-electron chi connectivity index (χ0n) is 19.1. The van der Waals surface area contributed by atoms with Crippen LogP contribution in [-0.4, -0.2) is 60.5 Å². The molecule has 1 aromatic carbocycles. The second kappa shape index (κ2) is 9.45. The van der Waals surface area contributed by atoms with Gasteiger partial charge in [0.15, 0.2) is 0 Å². The summed E-state index contributed by atoms with van der Waals surface area (Å²) in [5.74, 6) is 0.612. The number of rotatable bonds is 6. The third-order valence-corrected chi connectivity index (χ3v) is 6.44. The zero-order valence-corrected chi connectivity index (χ0v) is 19.1. The number of carbonyl (C=O) groups is 1. The summed E-state index contributed by atoms with van der Waals surface area (Å²) in [5, 5.41) is 0.997. The molecule has 0 spiro atoms. The van der Waals surface area contributed by atoms with Crippen LogP contribution in [0.3, 0.4) is 0 Å². The Hall–Kier alpha value is -2.31. The van der Waals surface area contributed by atoms with Crippen molar-refractivity contribution in [1.82, 2.24) is 9.47 Å². The lowest BCUT2D eigenvalue weighted by molar-refractivity contribution is 0.0516. The average Bonchev–Trinajstić information content (AvgIpc) is 3.10. The first-order chi connectivity index (χ1) is 15.0. The van der Waals surface area contributed by atoms with Gasteiger partial charge in [-0.1, -0.05) is 6.08 Å². The number of hydrogen-bond donors (Lipinski definition) is 0. The first-order valence-electron chi connectivity index (χ1n) is 11.5. The Morgan fingerprint density at radius 1 is 1.23 bits per heavy atom. The van der Waals surface area contributed by atoms with Gasteiger partial charge in [-0.15, -0.1) is 0 Å². The molecule has 0 atom stereocenters. The number of hydrogen-bond acceptors (Lipinski definition) is 5. The van der Waals surface area contributed by atoms with Gasteiger partial charge in [0.05, 0.1) is 19.8 Å². The molecule has 0 N–H and O–H groups in total. The molecule has 0 amide bonds. The molecule has 0 unspecified atom stereocenters. The van der Waals surface area contributed by atoms with Gasteiger partial charge in [-0.25, -0.2) is 4.79 Å². The molecule has 2 aromatic rings. The number of benzene rings is 1. The Balaban J connectivity index is 1.68. The highest BCUT2D eigenvalue weighted by atomic mass is 16.5. The molecule has 0 bridgehead atoms. The number of piperidine rings is 1. The molecule has 1 fully saturated rings. The van der Waals surface area contributed by atoms with E-state index in [2.05, 4.69) is 37.0 Å². The average molecular weight is 427 g/mol. The molecule has 1 aromatic heterocycles. The van der Waals surface area contributed by atoms with Crippen LogP contribution in [0.5, 0.6) is 5.75 Å². The molecule has 6 heteroatoms. The van der Waals surface area contributed by atoms with Gasteiger partial charge in [-0.05, 0) is 63.8 Å². The third kappa shape index (κ3) is 4.65. The van der Waals surface area contributed by atoms with Crippen LogP contribution >= 0.6 is 0 Å². The van der Waals surface area contributed by atoms with Crippen molar-refractivity contribution < 1.29 is 19.0 Å². The summed E-state index contributed by atoms with van der Waals surface area (Å²) in [6.45, 7) is 10.2. The molecule has 2 aliphatic heterocycles. The predicted octanol–water partition coefficient (Wildman–Crippen LogP) is 4.41. The van der Waals surface area contributed by atoms with E-state index in [0.717, 1.165) is 61.2 Å². The van der Waals surface area contributed by atoms with Crippen molar-refractivity contribution in [1.29, 1.82) is 0 Å². The molecular weight excluding hydrogens is 392 g/mol. The van der Waals surface area contributed by atoms with Crippen molar-refractivity contribution in [2.45, 2.75) is 52.2 Å². The van der Waals surface area contributed by atoms with Crippen LogP contribution in [0, 0.1) is 0 Å². The van der Waals surface area contributed by atoms with E-state index >= 15 is 0 Å². The summed E-state index contributed by atoms with van der Waals surface area (Å²) in [4.78, 5) is 14.9. The number of fused-ring (bicyclic) bond motifs is 1. The summed E-state index contributed by atoms with van der Waals surface area (Å²) < 4.78 is 19.3. The standard InChI is InChI=1S/C25H34N2O4/c1-5-30-25(28)23-14-19-15-24(31-20-6-10-27(11-7-20)17(2)3)21(16-22(19)26(23)4)18-8-12-29-13-9-18/h8,14-17,20H,5-7,9-13H2,1-4H3. The van der Waals surface area contributed by atoms with Crippen LogP contribution in [0.1, 0.15) is 56.1 Å². The molecule has 0 radical (unpaired) electrons. The van der Waals surface area contributed by atoms with Gasteiger partial charge in [0.2, 0.25) is 0 Å². The minimum Gasteiger partial charge on any atom is -0.490 e. The van der Waals surface area contributed by atoms with Gasteiger partial charge < -0.3 is 23.7 Å². The van der Waals surface area contributed by atoms with Gasteiger partial charge in [0, 0.05) is 42.6 Å². The summed E-state index contributed by atoms with van der Waals surface area (Å²) >= 11 is 0. The topological polar surface area (TPSA) is 52.9 Å². The first kappa shape index (κ1) is 21.9. The molecule has 6 nitrogen and oxygen atoms in total. The van der Waals surface area contributed by atoms with E-state index in [1.807, 2.05) is 24.6 Å². The number of likely N-dealkylation sites (tertiary alicyclic amines) is 1. The van der Waals surface area contributed by atoms with E-state index in [-0.39, 0.29) is 12.1 Å². The smallest absolute Gasteiger partial charge is 0.354 e. The highest BCUT2D eigenvalue weighted by molar-refractivity contribution is 5.97. The van der Waals surface area contributed by atoms with Crippen molar-refractivity contribution in [3.05, 3.63) is 35.5 Å².